The highest BCUT2D eigenvalue weighted by Gasteiger charge is 2.13. The number of nitrogens with zero attached hydrogens (tertiary/aromatic N) is 1. The van der Waals surface area contributed by atoms with Crippen molar-refractivity contribution in [3.8, 4) is 5.75 Å². The molecule has 2 aromatic carbocycles. The Morgan fingerprint density at radius 1 is 1.19 bits per heavy atom. The summed E-state index contributed by atoms with van der Waals surface area (Å²) in [4.78, 5) is 28.1. The van der Waals surface area contributed by atoms with Gasteiger partial charge in [0.2, 0.25) is 11.8 Å². The third-order valence-corrected chi connectivity index (χ3v) is 3.82. The number of rotatable bonds is 6. The SMILES string of the molecule is COC(=O)c1cc(CNC(=O)/C=C/c2nc3ccccc3o2)ccc1OC. The number of methoxy groups -OCH3 is 2. The zero-order valence-electron chi connectivity index (χ0n) is 14.9. The molecule has 1 amide bonds. The van der Waals surface area contributed by atoms with Crippen LogP contribution in [0.15, 0.2) is 53.0 Å². The fourth-order valence-corrected chi connectivity index (χ4v) is 2.49. The van der Waals surface area contributed by atoms with Gasteiger partial charge in [0.05, 0.1) is 14.2 Å². The molecule has 0 aliphatic heterocycles. The van der Waals surface area contributed by atoms with Crippen molar-refractivity contribution in [2.75, 3.05) is 14.2 Å². The van der Waals surface area contributed by atoms with Crippen LogP contribution in [0.5, 0.6) is 5.75 Å². The van der Waals surface area contributed by atoms with Crippen molar-refractivity contribution < 1.29 is 23.5 Å². The Kier molecular flexibility index (Phi) is 5.51. The van der Waals surface area contributed by atoms with E-state index in [0.29, 0.717) is 22.8 Å². The molecule has 1 heterocycles. The summed E-state index contributed by atoms with van der Waals surface area (Å²) in [5.41, 5.74) is 2.42. The molecular formula is C20H18N2O5. The molecule has 0 aliphatic carbocycles. The molecule has 0 aliphatic rings. The molecule has 0 saturated heterocycles. The van der Waals surface area contributed by atoms with Crippen LogP contribution in [0.2, 0.25) is 0 Å². The fraction of sp³-hybridized carbons (Fsp3) is 0.150. The summed E-state index contributed by atoms with van der Waals surface area (Å²) in [5.74, 6) is -0.0554. The van der Waals surface area contributed by atoms with E-state index < -0.39 is 5.97 Å². The van der Waals surface area contributed by atoms with Crippen LogP contribution < -0.4 is 10.1 Å². The lowest BCUT2D eigenvalue weighted by Crippen LogP contribution is -2.20. The maximum Gasteiger partial charge on any atom is 0.341 e. The molecule has 3 aromatic rings. The second kappa shape index (κ2) is 8.18. The molecule has 1 aromatic heterocycles. The number of benzene rings is 2. The molecule has 7 nitrogen and oxygen atoms in total. The van der Waals surface area contributed by atoms with Gasteiger partial charge in [-0.1, -0.05) is 18.2 Å². The molecule has 0 bridgehead atoms. The van der Waals surface area contributed by atoms with E-state index in [0.717, 1.165) is 11.1 Å². The minimum Gasteiger partial charge on any atom is -0.496 e. The summed E-state index contributed by atoms with van der Waals surface area (Å²) in [5, 5.41) is 2.74. The van der Waals surface area contributed by atoms with Gasteiger partial charge in [0.15, 0.2) is 5.58 Å². The van der Waals surface area contributed by atoms with Crippen molar-refractivity contribution in [1.29, 1.82) is 0 Å². The first-order valence-corrected chi connectivity index (χ1v) is 8.17. The number of ether oxygens (including phenoxy) is 2. The predicted octanol–water partition coefficient (Wildman–Crippen LogP) is 2.95. The number of para-hydroxylation sites is 2. The summed E-state index contributed by atoms with van der Waals surface area (Å²) in [6.07, 6.45) is 2.85. The van der Waals surface area contributed by atoms with Crippen molar-refractivity contribution >= 4 is 29.1 Å². The second-order valence-corrected chi connectivity index (χ2v) is 5.60. The highest BCUT2D eigenvalue weighted by Crippen LogP contribution is 2.21. The van der Waals surface area contributed by atoms with Gasteiger partial charge in [-0.2, -0.15) is 0 Å². The Labute approximate surface area is 155 Å². The van der Waals surface area contributed by atoms with Crippen LogP contribution in [0.4, 0.5) is 0 Å². The van der Waals surface area contributed by atoms with Crippen LogP contribution in [-0.2, 0) is 16.1 Å². The van der Waals surface area contributed by atoms with Gasteiger partial charge in [0.1, 0.15) is 16.8 Å². The molecule has 0 unspecified atom stereocenters. The lowest BCUT2D eigenvalue weighted by atomic mass is 10.1. The van der Waals surface area contributed by atoms with E-state index in [1.165, 1.54) is 26.4 Å². The third-order valence-electron chi connectivity index (χ3n) is 3.82. The van der Waals surface area contributed by atoms with Crippen molar-refractivity contribution in [2.45, 2.75) is 6.54 Å². The summed E-state index contributed by atoms with van der Waals surface area (Å²) >= 11 is 0. The molecule has 0 atom stereocenters. The van der Waals surface area contributed by atoms with Crippen molar-refractivity contribution in [1.82, 2.24) is 10.3 Å². The molecule has 3 rings (SSSR count). The number of amides is 1. The molecule has 138 valence electrons. The Hall–Kier alpha value is -3.61. The Morgan fingerprint density at radius 2 is 2.00 bits per heavy atom. The smallest absolute Gasteiger partial charge is 0.341 e. The lowest BCUT2D eigenvalue weighted by Gasteiger charge is -2.09. The number of carbonyl (C=O) groups excluding carboxylic acids is 2. The fourth-order valence-electron chi connectivity index (χ4n) is 2.49. The van der Waals surface area contributed by atoms with Gasteiger partial charge in [-0.15, -0.1) is 0 Å². The van der Waals surface area contributed by atoms with Gasteiger partial charge in [-0.05, 0) is 29.8 Å². The van der Waals surface area contributed by atoms with Gasteiger partial charge in [0.25, 0.3) is 0 Å². The van der Waals surface area contributed by atoms with E-state index in [1.807, 2.05) is 24.3 Å². The van der Waals surface area contributed by atoms with Crippen LogP contribution in [0.3, 0.4) is 0 Å². The number of hydrogen-bond donors (Lipinski definition) is 1. The van der Waals surface area contributed by atoms with Crippen LogP contribution in [0.1, 0.15) is 21.8 Å². The van der Waals surface area contributed by atoms with E-state index >= 15 is 0 Å². The normalized spacial score (nSPS) is 10.9. The Bertz CT molecular complexity index is 974. The van der Waals surface area contributed by atoms with Crippen LogP contribution in [0.25, 0.3) is 17.2 Å². The number of fused-ring (bicyclic) bond motifs is 1. The minimum atomic E-state index is -0.504. The number of carbonyl (C=O) groups is 2. The first kappa shape index (κ1) is 18.2. The topological polar surface area (TPSA) is 90.7 Å². The van der Waals surface area contributed by atoms with E-state index in [-0.39, 0.29) is 12.5 Å². The van der Waals surface area contributed by atoms with Crippen LogP contribution >= 0.6 is 0 Å². The molecule has 0 spiro atoms. The minimum absolute atomic E-state index is 0.241. The quantitative estimate of drug-likeness (QED) is 0.533. The number of oxazole rings is 1. The van der Waals surface area contributed by atoms with E-state index in [1.54, 1.807) is 18.2 Å². The zero-order valence-corrected chi connectivity index (χ0v) is 14.9. The Balaban J connectivity index is 1.64. The highest BCUT2D eigenvalue weighted by molar-refractivity contribution is 5.93. The largest absolute Gasteiger partial charge is 0.496 e. The summed E-state index contributed by atoms with van der Waals surface area (Å²) in [6.45, 7) is 0.241. The summed E-state index contributed by atoms with van der Waals surface area (Å²) in [6, 6.07) is 12.4. The number of hydrogen-bond acceptors (Lipinski definition) is 6. The number of nitrogens with one attached hydrogen (secondary N) is 1. The standard InChI is InChI=1S/C20H18N2O5/c1-25-16-8-7-13(11-14(16)20(24)26-2)12-21-18(23)9-10-19-22-15-5-3-4-6-17(15)27-19/h3-11H,12H2,1-2H3,(H,21,23)/b10-9+. The first-order valence-electron chi connectivity index (χ1n) is 8.17. The summed E-state index contributed by atoms with van der Waals surface area (Å²) < 4.78 is 15.4. The zero-order chi connectivity index (χ0) is 19.2. The van der Waals surface area contributed by atoms with Gasteiger partial charge < -0.3 is 19.2 Å². The predicted molar refractivity (Wildman–Crippen MR) is 99.2 cm³/mol. The molecular weight excluding hydrogens is 348 g/mol. The molecule has 27 heavy (non-hydrogen) atoms. The van der Waals surface area contributed by atoms with Crippen molar-refractivity contribution in [3.05, 3.63) is 65.6 Å². The van der Waals surface area contributed by atoms with E-state index in [9.17, 15) is 9.59 Å². The number of aromatic nitrogens is 1. The van der Waals surface area contributed by atoms with Gasteiger partial charge >= 0.3 is 5.97 Å². The first-order chi connectivity index (χ1) is 13.1. The average molecular weight is 366 g/mol. The molecule has 1 N–H and O–H groups in total. The van der Waals surface area contributed by atoms with Crippen molar-refractivity contribution in [3.63, 3.8) is 0 Å². The van der Waals surface area contributed by atoms with Gasteiger partial charge in [-0.25, -0.2) is 9.78 Å². The molecule has 0 saturated carbocycles. The molecule has 7 heteroatoms. The highest BCUT2D eigenvalue weighted by atomic mass is 16.5. The third kappa shape index (κ3) is 4.33. The van der Waals surface area contributed by atoms with E-state index in [2.05, 4.69) is 10.3 Å². The molecule has 0 radical (unpaired) electrons. The summed E-state index contributed by atoms with van der Waals surface area (Å²) in [7, 11) is 2.77. The monoisotopic (exact) mass is 366 g/mol. The van der Waals surface area contributed by atoms with Crippen molar-refractivity contribution in [2.24, 2.45) is 0 Å². The lowest BCUT2D eigenvalue weighted by molar-refractivity contribution is -0.116. The van der Waals surface area contributed by atoms with E-state index in [4.69, 9.17) is 13.9 Å². The maximum atomic E-state index is 12.0. The number of esters is 1. The van der Waals surface area contributed by atoms with Crippen LogP contribution in [-0.4, -0.2) is 31.1 Å². The van der Waals surface area contributed by atoms with Gasteiger partial charge in [0, 0.05) is 18.7 Å². The second-order valence-electron chi connectivity index (χ2n) is 5.60. The van der Waals surface area contributed by atoms with Gasteiger partial charge in [-0.3, -0.25) is 4.79 Å². The average Bonchev–Trinajstić information content (AvgIpc) is 3.13. The molecule has 0 fully saturated rings. The Morgan fingerprint density at radius 3 is 2.74 bits per heavy atom. The van der Waals surface area contributed by atoms with Crippen LogP contribution in [0, 0.1) is 0 Å². The maximum absolute atomic E-state index is 12.0.